The predicted octanol–water partition coefficient (Wildman–Crippen LogP) is 3.20. The zero-order chi connectivity index (χ0) is 12.4. The Kier molecular flexibility index (Phi) is 3.33. The first-order valence-electron chi connectivity index (χ1n) is 5.49. The first-order chi connectivity index (χ1) is 8.04. The summed E-state index contributed by atoms with van der Waals surface area (Å²) in [6.45, 7) is 4.02. The highest BCUT2D eigenvalue weighted by Gasteiger charge is 2.07. The smallest absolute Gasteiger partial charge is 0.224 e. The summed E-state index contributed by atoms with van der Waals surface area (Å²) in [5.74, 6) is 0.366. The number of aromatic nitrogens is 2. The molecule has 4 nitrogen and oxygen atoms in total. The number of rotatable bonds is 3. The summed E-state index contributed by atoms with van der Waals surface area (Å²) in [5.41, 5.74) is 2.36. The van der Waals surface area contributed by atoms with Gasteiger partial charge in [-0.1, -0.05) is 13.8 Å². The molecule has 5 heteroatoms. The molecule has 0 spiro atoms. The van der Waals surface area contributed by atoms with E-state index in [2.05, 4.69) is 15.3 Å². The van der Waals surface area contributed by atoms with Gasteiger partial charge in [-0.05, 0) is 35.7 Å². The van der Waals surface area contributed by atoms with E-state index in [0.717, 1.165) is 16.7 Å². The van der Waals surface area contributed by atoms with Crippen LogP contribution in [0.5, 0.6) is 0 Å². The fourth-order valence-corrected chi connectivity index (χ4v) is 1.83. The number of nitrogens with one attached hydrogen (secondary N) is 2. The van der Waals surface area contributed by atoms with Crippen molar-refractivity contribution in [3.8, 4) is 0 Å². The largest absolute Gasteiger partial charge is 0.329 e. The number of halogens is 1. The van der Waals surface area contributed by atoms with Gasteiger partial charge in [-0.3, -0.25) is 4.79 Å². The number of carbonyl (C=O) groups excluding carboxylic acids is 1. The van der Waals surface area contributed by atoms with Crippen LogP contribution in [0.3, 0.4) is 0 Å². The second-order valence-electron chi connectivity index (χ2n) is 4.41. The van der Waals surface area contributed by atoms with Gasteiger partial charge in [0.1, 0.15) is 0 Å². The predicted molar refractivity (Wildman–Crippen MR) is 69.2 cm³/mol. The minimum Gasteiger partial charge on any atom is -0.329 e. The number of carbonyl (C=O) groups is 1. The van der Waals surface area contributed by atoms with E-state index in [0.29, 0.717) is 17.6 Å². The average Bonchev–Trinajstić information content (AvgIpc) is 2.55. The van der Waals surface area contributed by atoms with E-state index in [1.165, 1.54) is 0 Å². The van der Waals surface area contributed by atoms with Gasteiger partial charge in [0.05, 0.1) is 11.0 Å². The lowest BCUT2D eigenvalue weighted by atomic mass is 10.1. The van der Waals surface area contributed by atoms with E-state index in [1.807, 2.05) is 32.0 Å². The highest BCUT2D eigenvalue weighted by Crippen LogP contribution is 2.19. The zero-order valence-electron chi connectivity index (χ0n) is 9.75. The Bertz CT molecular complexity index is 548. The Morgan fingerprint density at radius 3 is 3.00 bits per heavy atom. The molecule has 1 aromatic heterocycles. The fourth-order valence-electron chi connectivity index (χ4n) is 1.64. The van der Waals surface area contributed by atoms with Crippen LogP contribution in [0.4, 0.5) is 5.69 Å². The second kappa shape index (κ2) is 4.75. The van der Waals surface area contributed by atoms with E-state index in [1.54, 1.807) is 0 Å². The van der Waals surface area contributed by atoms with E-state index >= 15 is 0 Å². The van der Waals surface area contributed by atoms with Crippen molar-refractivity contribution < 1.29 is 4.79 Å². The summed E-state index contributed by atoms with van der Waals surface area (Å²) in [4.78, 5) is 18.6. The van der Waals surface area contributed by atoms with E-state index in [9.17, 15) is 4.79 Å². The minimum atomic E-state index is 0.0185. The van der Waals surface area contributed by atoms with Crippen LogP contribution in [0.25, 0.3) is 11.0 Å². The molecule has 0 aliphatic rings. The number of aromatic amines is 1. The topological polar surface area (TPSA) is 57.8 Å². The van der Waals surface area contributed by atoms with Crippen LogP contribution in [0.15, 0.2) is 18.2 Å². The number of H-pyrrole nitrogens is 1. The molecule has 2 rings (SSSR count). The van der Waals surface area contributed by atoms with Crippen molar-refractivity contribution >= 4 is 34.2 Å². The number of anilines is 1. The van der Waals surface area contributed by atoms with Crippen LogP contribution in [0.1, 0.15) is 20.3 Å². The molecule has 0 saturated carbocycles. The molecule has 2 N–H and O–H groups in total. The van der Waals surface area contributed by atoms with Crippen molar-refractivity contribution in [3.63, 3.8) is 0 Å². The van der Waals surface area contributed by atoms with Gasteiger partial charge in [0.2, 0.25) is 11.2 Å². The van der Waals surface area contributed by atoms with Crippen LogP contribution in [0.2, 0.25) is 5.28 Å². The number of imidazole rings is 1. The summed E-state index contributed by atoms with van der Waals surface area (Å²) >= 11 is 5.76. The Balaban J connectivity index is 2.16. The molecule has 90 valence electrons. The maximum atomic E-state index is 11.6. The third-order valence-electron chi connectivity index (χ3n) is 2.33. The molecule has 0 atom stereocenters. The minimum absolute atomic E-state index is 0.0185. The number of fused-ring (bicyclic) bond motifs is 1. The Hall–Kier alpha value is -1.55. The third kappa shape index (κ3) is 2.97. The molecule has 2 aromatic rings. The monoisotopic (exact) mass is 251 g/mol. The average molecular weight is 252 g/mol. The summed E-state index contributed by atoms with van der Waals surface area (Å²) in [5, 5.41) is 3.20. The quantitative estimate of drug-likeness (QED) is 0.880. The molecule has 0 saturated heterocycles. The van der Waals surface area contributed by atoms with Crippen LogP contribution in [-0.2, 0) is 4.79 Å². The molecule has 17 heavy (non-hydrogen) atoms. The van der Waals surface area contributed by atoms with Crippen LogP contribution < -0.4 is 5.32 Å². The molecule has 1 amide bonds. The zero-order valence-corrected chi connectivity index (χ0v) is 10.5. The van der Waals surface area contributed by atoms with Crippen molar-refractivity contribution in [1.29, 1.82) is 0 Å². The Labute approximate surface area is 104 Å². The molecule has 0 unspecified atom stereocenters. The van der Waals surface area contributed by atoms with Gasteiger partial charge >= 0.3 is 0 Å². The normalized spacial score (nSPS) is 11.1. The van der Waals surface area contributed by atoms with Crippen molar-refractivity contribution in [2.24, 2.45) is 5.92 Å². The molecule has 0 aliphatic carbocycles. The van der Waals surface area contributed by atoms with Gasteiger partial charge in [-0.2, -0.15) is 0 Å². The summed E-state index contributed by atoms with van der Waals surface area (Å²) in [6, 6.07) is 5.47. The van der Waals surface area contributed by atoms with Gasteiger partial charge in [-0.15, -0.1) is 0 Å². The molecular weight excluding hydrogens is 238 g/mol. The number of nitrogens with zero attached hydrogens (tertiary/aromatic N) is 1. The van der Waals surface area contributed by atoms with Crippen molar-refractivity contribution in [2.75, 3.05) is 5.32 Å². The molecule has 0 radical (unpaired) electrons. The van der Waals surface area contributed by atoms with Crippen molar-refractivity contribution in [1.82, 2.24) is 9.97 Å². The Morgan fingerprint density at radius 1 is 1.53 bits per heavy atom. The summed E-state index contributed by atoms with van der Waals surface area (Å²) in [6.07, 6.45) is 0.516. The van der Waals surface area contributed by atoms with E-state index in [-0.39, 0.29) is 5.91 Å². The number of hydrogen-bond donors (Lipinski definition) is 2. The fraction of sp³-hybridized carbons (Fsp3) is 0.333. The molecule has 1 aromatic carbocycles. The van der Waals surface area contributed by atoms with Crippen LogP contribution in [-0.4, -0.2) is 15.9 Å². The standard InChI is InChI=1S/C12H14ClN3O/c1-7(2)5-11(17)14-8-3-4-9-10(6-8)16-12(13)15-9/h3-4,6-7H,5H2,1-2H3,(H,14,17)(H,15,16). The highest BCUT2D eigenvalue weighted by atomic mass is 35.5. The second-order valence-corrected chi connectivity index (χ2v) is 4.76. The first-order valence-corrected chi connectivity index (χ1v) is 5.87. The van der Waals surface area contributed by atoms with Gasteiger partial charge in [0, 0.05) is 12.1 Å². The van der Waals surface area contributed by atoms with Gasteiger partial charge in [0.15, 0.2) is 0 Å². The molecular formula is C12H14ClN3O. The van der Waals surface area contributed by atoms with Gasteiger partial charge < -0.3 is 10.3 Å². The number of amides is 1. The lowest BCUT2D eigenvalue weighted by Gasteiger charge is -2.06. The lowest BCUT2D eigenvalue weighted by Crippen LogP contribution is -2.13. The first kappa shape index (κ1) is 11.9. The summed E-state index contributed by atoms with van der Waals surface area (Å²) in [7, 11) is 0. The molecule has 0 fully saturated rings. The van der Waals surface area contributed by atoms with Gasteiger partial charge in [-0.25, -0.2) is 4.98 Å². The maximum absolute atomic E-state index is 11.6. The maximum Gasteiger partial charge on any atom is 0.224 e. The van der Waals surface area contributed by atoms with Crippen molar-refractivity contribution in [2.45, 2.75) is 20.3 Å². The number of hydrogen-bond acceptors (Lipinski definition) is 2. The van der Waals surface area contributed by atoms with Gasteiger partial charge in [0.25, 0.3) is 0 Å². The lowest BCUT2D eigenvalue weighted by molar-refractivity contribution is -0.116. The molecule has 0 bridgehead atoms. The third-order valence-corrected chi connectivity index (χ3v) is 2.51. The SMILES string of the molecule is CC(C)CC(=O)Nc1ccc2nc(Cl)[nH]c2c1. The number of benzene rings is 1. The summed E-state index contributed by atoms with van der Waals surface area (Å²) < 4.78 is 0. The van der Waals surface area contributed by atoms with Crippen LogP contribution >= 0.6 is 11.6 Å². The Morgan fingerprint density at radius 2 is 2.29 bits per heavy atom. The van der Waals surface area contributed by atoms with Crippen LogP contribution in [0, 0.1) is 5.92 Å². The highest BCUT2D eigenvalue weighted by molar-refractivity contribution is 6.29. The van der Waals surface area contributed by atoms with Crippen molar-refractivity contribution in [3.05, 3.63) is 23.5 Å². The molecule has 1 heterocycles. The molecule has 0 aliphatic heterocycles. The van der Waals surface area contributed by atoms with E-state index < -0.39 is 0 Å². The van der Waals surface area contributed by atoms with E-state index in [4.69, 9.17) is 11.6 Å².